The second-order valence-corrected chi connectivity index (χ2v) is 19.4. The van der Waals surface area contributed by atoms with Crippen molar-refractivity contribution in [3.05, 3.63) is 179 Å². The van der Waals surface area contributed by atoms with Gasteiger partial charge in [-0.2, -0.15) is 0 Å². The van der Waals surface area contributed by atoms with Gasteiger partial charge in [0.1, 0.15) is 48.0 Å². The number of benzene rings is 5. The van der Waals surface area contributed by atoms with E-state index in [0.29, 0.717) is 13.2 Å². The molecule has 10 heteroatoms. The van der Waals surface area contributed by atoms with E-state index in [1.54, 1.807) is 0 Å². The molecule has 0 saturated carbocycles. The molecule has 0 unspecified atom stereocenters. The number of aromatic nitrogens is 8. The third-order valence-electron chi connectivity index (χ3n) is 14.3. The number of H-pyrrole nitrogens is 4. The Balaban J connectivity index is 0.000000157. The Bertz CT molecular complexity index is 3610. The van der Waals surface area contributed by atoms with E-state index in [-0.39, 0.29) is 0 Å². The Morgan fingerprint density at radius 1 is 0.534 bits per heavy atom. The fourth-order valence-corrected chi connectivity index (χ4v) is 10.2. The molecule has 0 atom stereocenters. The monoisotopic (exact) mass is 965 g/mol. The van der Waals surface area contributed by atoms with Crippen LogP contribution in [0.2, 0.25) is 0 Å². The predicted molar refractivity (Wildman–Crippen MR) is 297 cm³/mol. The molecule has 4 aromatic heterocycles. The summed E-state index contributed by atoms with van der Waals surface area (Å²) in [5.41, 5.74) is 19.9. The van der Waals surface area contributed by atoms with Gasteiger partial charge in [0, 0.05) is 64.6 Å². The van der Waals surface area contributed by atoms with Crippen LogP contribution in [0.4, 0.5) is 0 Å². The topological polar surface area (TPSA) is 133 Å². The number of allylic oxidation sites excluding steroid dienone is 8. The predicted octanol–water partition coefficient (Wildman–Crippen LogP) is 15.2. The first-order valence-corrected chi connectivity index (χ1v) is 26.3. The number of nitrogens with zero attached hydrogens (tertiary/aromatic N) is 4. The summed E-state index contributed by atoms with van der Waals surface area (Å²) in [6.07, 6.45) is 28.7. The quantitative estimate of drug-likeness (QED) is 0.0802. The van der Waals surface area contributed by atoms with Crippen LogP contribution in [-0.2, 0) is 51.7 Å². The zero-order chi connectivity index (χ0) is 49.8. The van der Waals surface area contributed by atoms with Gasteiger partial charge in [-0.05, 0) is 133 Å². The molecule has 0 bridgehead atoms. The lowest BCUT2D eigenvalue weighted by molar-refractivity contribution is 0.302. The third kappa shape index (κ3) is 9.86. The lowest BCUT2D eigenvalue weighted by Gasteiger charge is -2.25. The second kappa shape index (κ2) is 21.0. The van der Waals surface area contributed by atoms with E-state index in [2.05, 4.69) is 180 Å². The Morgan fingerprint density at radius 2 is 1.12 bits per heavy atom. The van der Waals surface area contributed by atoms with E-state index in [9.17, 15) is 0 Å². The number of aryl methyl sites for hydroxylation is 2. The summed E-state index contributed by atoms with van der Waals surface area (Å²) < 4.78 is 12.5. The van der Waals surface area contributed by atoms with Crippen LogP contribution in [0.5, 0.6) is 11.5 Å². The van der Waals surface area contributed by atoms with Crippen molar-refractivity contribution in [3.63, 3.8) is 0 Å². The van der Waals surface area contributed by atoms with E-state index in [0.717, 1.165) is 149 Å². The number of aromatic amines is 4. The van der Waals surface area contributed by atoms with Gasteiger partial charge in [0.15, 0.2) is 0 Å². The number of nitrogens with one attached hydrogen (secondary N) is 4. The molecule has 0 saturated heterocycles. The first-order chi connectivity index (χ1) is 35.9. The molecule has 0 amide bonds. The smallest absolute Gasteiger partial charge is 0.128 e. The van der Waals surface area contributed by atoms with E-state index in [4.69, 9.17) is 19.4 Å². The van der Waals surface area contributed by atoms with Crippen LogP contribution in [0.15, 0.2) is 133 Å². The molecule has 6 heterocycles. The molecule has 4 N–H and O–H groups in total. The van der Waals surface area contributed by atoms with E-state index < -0.39 is 0 Å². The molecular weight excluding hydrogens is 901 g/mol. The normalized spacial score (nSPS) is 13.6. The van der Waals surface area contributed by atoms with Gasteiger partial charge in [0.2, 0.25) is 0 Å². The lowest BCUT2D eigenvalue weighted by Crippen LogP contribution is -2.10. The van der Waals surface area contributed by atoms with Crippen molar-refractivity contribution in [1.29, 1.82) is 0 Å². The maximum Gasteiger partial charge on any atom is 0.128 e. The van der Waals surface area contributed by atoms with Crippen LogP contribution >= 0.6 is 0 Å². The van der Waals surface area contributed by atoms with E-state index in [1.807, 2.05) is 12.4 Å². The van der Waals surface area contributed by atoms with E-state index in [1.165, 1.54) is 55.4 Å². The molecule has 0 fully saturated rings. The van der Waals surface area contributed by atoms with Crippen LogP contribution in [0.3, 0.4) is 0 Å². The molecule has 5 aromatic carbocycles. The highest BCUT2D eigenvalue weighted by atomic mass is 16.5. The van der Waals surface area contributed by atoms with Gasteiger partial charge in [0.25, 0.3) is 0 Å². The summed E-state index contributed by atoms with van der Waals surface area (Å²) >= 11 is 0. The Morgan fingerprint density at radius 3 is 1.75 bits per heavy atom. The number of ether oxygens (including phenoxy) is 2. The molecule has 0 spiro atoms. The summed E-state index contributed by atoms with van der Waals surface area (Å²) in [6.45, 7) is 11.9. The van der Waals surface area contributed by atoms with Gasteiger partial charge in [-0.15, -0.1) is 0 Å². The maximum absolute atomic E-state index is 6.28. The van der Waals surface area contributed by atoms with Crippen molar-refractivity contribution in [2.75, 3.05) is 0 Å². The lowest BCUT2D eigenvalue weighted by atomic mass is 9.85. The zero-order valence-electron chi connectivity index (χ0n) is 42.7. The fraction of sp³-hybridized carbons (Fsp3) is 0.270. The van der Waals surface area contributed by atoms with Crippen LogP contribution in [0.1, 0.15) is 106 Å². The molecule has 1 aliphatic carbocycles. The second-order valence-electron chi connectivity index (χ2n) is 19.4. The number of hydrogen-bond donors (Lipinski definition) is 4. The van der Waals surface area contributed by atoms with Crippen LogP contribution < -0.4 is 9.47 Å². The van der Waals surface area contributed by atoms with Crippen LogP contribution in [0.25, 0.3) is 77.8 Å². The van der Waals surface area contributed by atoms with Crippen molar-refractivity contribution >= 4 is 21.8 Å². The minimum Gasteiger partial charge on any atom is -0.488 e. The molecule has 73 heavy (non-hydrogen) atoms. The molecular formula is C63H64N8O2. The van der Waals surface area contributed by atoms with E-state index >= 15 is 0 Å². The molecule has 368 valence electrons. The first-order valence-electron chi connectivity index (χ1n) is 26.3. The summed E-state index contributed by atoms with van der Waals surface area (Å²) in [4.78, 5) is 33.0. The van der Waals surface area contributed by atoms with Gasteiger partial charge < -0.3 is 29.4 Å². The molecule has 2 aliphatic heterocycles. The standard InChI is InChI=1S/C32H34N4O.C31H30N4O/c1-4-6-7-8-30-33-18-28(35-30)22-10-12-24-25-15-21-11-13-27-32(36-31(34-27)14-9-20(3)5-2)26(21)16-23(25)19-37-29(24)17-22;1-3-5-7-9-29-32-18-27(34-29)21-11-13-23-24-15-20-12-14-26-31(35-30(33-26)10-8-6-4-2)25(20)16-22(24)19-36-28(23)17-21/h6-7,9-10,12,15-18H,4-5,8,11,13-14,19H2,1-3H3,(H,33,35)(H,34,36);5-8,11-18H,3-4,9-10,19H2,1-2H3,(H,32,34)(H,33,35). The molecule has 3 aliphatic rings. The molecule has 9 aromatic rings. The van der Waals surface area contributed by atoms with Crippen molar-refractivity contribution in [2.45, 2.75) is 112 Å². The summed E-state index contributed by atoms with van der Waals surface area (Å²) in [5, 5.41) is 2.36. The Hall–Kier alpha value is -7.98. The Kier molecular flexibility index (Phi) is 13.6. The molecule has 10 nitrogen and oxygen atoms in total. The average Bonchev–Trinajstić information content (AvgIpc) is 4.27. The van der Waals surface area contributed by atoms with Crippen molar-refractivity contribution in [3.8, 4) is 67.5 Å². The fourth-order valence-electron chi connectivity index (χ4n) is 10.2. The van der Waals surface area contributed by atoms with Crippen molar-refractivity contribution in [2.24, 2.45) is 0 Å². The van der Waals surface area contributed by atoms with Crippen LogP contribution in [0, 0.1) is 0 Å². The minimum atomic E-state index is 0.546. The number of rotatable bonds is 14. The van der Waals surface area contributed by atoms with Gasteiger partial charge in [0.05, 0.1) is 40.5 Å². The molecule has 12 rings (SSSR count). The molecule has 0 radical (unpaired) electrons. The van der Waals surface area contributed by atoms with Gasteiger partial charge in [-0.25, -0.2) is 19.9 Å². The number of hydrogen-bond acceptors (Lipinski definition) is 6. The highest BCUT2D eigenvalue weighted by Crippen LogP contribution is 2.45. The summed E-state index contributed by atoms with van der Waals surface area (Å²) in [6, 6.07) is 26.5. The average molecular weight is 965 g/mol. The number of imidazole rings is 4. The van der Waals surface area contributed by atoms with Crippen molar-refractivity contribution in [1.82, 2.24) is 39.9 Å². The minimum absolute atomic E-state index is 0.546. The maximum atomic E-state index is 6.28. The summed E-state index contributed by atoms with van der Waals surface area (Å²) in [5.74, 6) is 5.85. The van der Waals surface area contributed by atoms with Gasteiger partial charge in [-0.1, -0.05) is 94.0 Å². The Labute approximate surface area is 427 Å². The third-order valence-corrected chi connectivity index (χ3v) is 14.3. The SMILES string of the molecule is CCC=CCc1ncc(-c2ccc3c(c2)OCc2cc4c(cc2-3)CCc2[nH]c(CC=C(C)CC)nc2-4)[nH]1.CCC=CCc1ncc(-c2ccc3c(c2)OCc2cc4c(ccc5[nH]c(CC=CCC)nc54)cc2-3)[nH]1. The largest absolute Gasteiger partial charge is 0.488 e. The number of fused-ring (bicyclic) bond motifs is 12. The van der Waals surface area contributed by atoms with Gasteiger partial charge >= 0.3 is 0 Å². The zero-order valence-corrected chi connectivity index (χ0v) is 42.7. The highest BCUT2D eigenvalue weighted by molar-refractivity contribution is 6.06. The van der Waals surface area contributed by atoms with Gasteiger partial charge in [-0.3, -0.25) is 0 Å². The van der Waals surface area contributed by atoms with Crippen LogP contribution in [-0.4, -0.2) is 39.9 Å². The summed E-state index contributed by atoms with van der Waals surface area (Å²) in [7, 11) is 0. The first kappa shape index (κ1) is 47.4. The highest BCUT2D eigenvalue weighted by Gasteiger charge is 2.26. The van der Waals surface area contributed by atoms with Crippen molar-refractivity contribution < 1.29 is 9.47 Å².